The molecule has 0 N–H and O–H groups in total. The van der Waals surface area contributed by atoms with Crippen molar-refractivity contribution in [2.45, 2.75) is 113 Å². The van der Waals surface area contributed by atoms with Crippen molar-refractivity contribution in [2.75, 3.05) is 6.61 Å². The maximum Gasteiger partial charge on any atom is 0.302 e. The van der Waals surface area contributed by atoms with Crippen LogP contribution >= 0.6 is 0 Å². The standard InChI is InChI=1S/C32H50O3/c1-20(2)22-11-16-32(19-35-21(3)33)18-17-30(7)23(27(22)32)9-10-25-29(6)14-13-26(34)28(4,5)24(29)12-15-31(25,30)8/h22-25,27H,1,9-19H2,2-8H3/t22?,23?,24?,25?,27?,29-,30+,31+,32?/m0/s1. The first-order valence-corrected chi connectivity index (χ1v) is 14.5. The van der Waals surface area contributed by atoms with Crippen LogP contribution in [0.3, 0.4) is 0 Å². The van der Waals surface area contributed by atoms with E-state index in [2.05, 4.69) is 48.1 Å². The molecule has 3 nitrogen and oxygen atoms in total. The molecule has 0 aliphatic heterocycles. The third-order valence-corrected chi connectivity index (χ3v) is 13.5. The lowest BCUT2D eigenvalue weighted by Gasteiger charge is -2.72. The number of carbonyl (C=O) groups is 2. The molecule has 9 atom stereocenters. The van der Waals surface area contributed by atoms with Crippen LogP contribution in [0.4, 0.5) is 0 Å². The van der Waals surface area contributed by atoms with Crippen molar-refractivity contribution < 1.29 is 14.3 Å². The molecule has 0 saturated heterocycles. The molecule has 5 aliphatic carbocycles. The summed E-state index contributed by atoms with van der Waals surface area (Å²) in [7, 11) is 0. The third kappa shape index (κ3) is 3.27. The van der Waals surface area contributed by atoms with Crippen LogP contribution in [0.2, 0.25) is 0 Å². The minimum absolute atomic E-state index is 0.128. The highest BCUT2D eigenvalue weighted by Gasteiger charge is 2.71. The summed E-state index contributed by atoms with van der Waals surface area (Å²) in [4.78, 5) is 24.8. The molecular formula is C32H50O3. The number of hydrogen-bond acceptors (Lipinski definition) is 3. The van der Waals surface area contributed by atoms with Gasteiger partial charge in [0.15, 0.2) is 0 Å². The largest absolute Gasteiger partial charge is 0.465 e. The Balaban J connectivity index is 1.53. The lowest BCUT2D eigenvalue weighted by atomic mass is 9.32. The second kappa shape index (κ2) is 7.94. The van der Waals surface area contributed by atoms with Gasteiger partial charge < -0.3 is 4.74 Å². The van der Waals surface area contributed by atoms with Crippen molar-refractivity contribution in [2.24, 2.45) is 56.7 Å². The molecule has 5 aliphatic rings. The Bertz CT molecular complexity index is 933. The summed E-state index contributed by atoms with van der Waals surface area (Å²) < 4.78 is 5.78. The highest BCUT2D eigenvalue weighted by Crippen LogP contribution is 2.77. The van der Waals surface area contributed by atoms with Crippen molar-refractivity contribution in [3.8, 4) is 0 Å². The summed E-state index contributed by atoms with van der Waals surface area (Å²) in [6, 6.07) is 0. The van der Waals surface area contributed by atoms with Gasteiger partial charge in [-0.2, -0.15) is 0 Å². The zero-order valence-corrected chi connectivity index (χ0v) is 23.6. The van der Waals surface area contributed by atoms with E-state index in [1.54, 1.807) is 6.92 Å². The SMILES string of the molecule is C=C(C)C1CCC2(COC(C)=O)CC[C@]3(C)C(CCC4[C@@]5(C)CCC(=O)C(C)(C)C5CC[C@]43C)C12. The molecule has 196 valence electrons. The van der Waals surface area contributed by atoms with Gasteiger partial charge in [-0.15, -0.1) is 0 Å². The van der Waals surface area contributed by atoms with E-state index in [4.69, 9.17) is 4.74 Å². The fourth-order valence-corrected chi connectivity index (χ4v) is 11.6. The van der Waals surface area contributed by atoms with Crippen LogP contribution in [-0.4, -0.2) is 18.4 Å². The van der Waals surface area contributed by atoms with Crippen molar-refractivity contribution >= 4 is 11.8 Å². The molecule has 5 rings (SSSR count). The smallest absolute Gasteiger partial charge is 0.302 e. The molecule has 0 spiro atoms. The van der Waals surface area contributed by atoms with E-state index in [0.29, 0.717) is 47.4 Å². The molecule has 0 heterocycles. The lowest BCUT2D eigenvalue weighted by Crippen LogP contribution is -2.66. The number of allylic oxidation sites excluding steroid dienone is 1. The summed E-state index contributed by atoms with van der Waals surface area (Å²) >= 11 is 0. The van der Waals surface area contributed by atoms with Crippen LogP contribution in [0.25, 0.3) is 0 Å². The summed E-state index contributed by atoms with van der Waals surface area (Å²) in [6.45, 7) is 21.2. The van der Waals surface area contributed by atoms with Gasteiger partial charge in [-0.25, -0.2) is 0 Å². The molecule has 6 unspecified atom stereocenters. The topological polar surface area (TPSA) is 43.4 Å². The zero-order valence-electron chi connectivity index (χ0n) is 23.6. The molecule has 0 aromatic carbocycles. The maximum atomic E-state index is 13.0. The van der Waals surface area contributed by atoms with E-state index >= 15 is 0 Å². The molecule has 0 radical (unpaired) electrons. The normalized spacial score (nSPS) is 50.4. The number of ketones is 1. The Labute approximate surface area is 214 Å². The van der Waals surface area contributed by atoms with Gasteiger partial charge >= 0.3 is 5.97 Å². The highest BCUT2D eigenvalue weighted by molar-refractivity contribution is 5.85. The predicted octanol–water partition coefficient (Wildman–Crippen LogP) is 7.78. The second-order valence-corrected chi connectivity index (χ2v) is 15.0. The minimum atomic E-state index is -0.186. The number of Topliss-reactive ketones (excluding diaryl/α,β-unsaturated/α-hetero) is 1. The van der Waals surface area contributed by atoms with Gasteiger partial charge in [0.2, 0.25) is 0 Å². The molecule has 0 aromatic rings. The first-order valence-electron chi connectivity index (χ1n) is 14.5. The van der Waals surface area contributed by atoms with E-state index in [1.807, 2.05) is 0 Å². The predicted molar refractivity (Wildman–Crippen MR) is 141 cm³/mol. The van der Waals surface area contributed by atoms with Gasteiger partial charge in [0.25, 0.3) is 0 Å². The van der Waals surface area contributed by atoms with E-state index in [1.165, 1.54) is 56.9 Å². The first kappa shape index (κ1) is 25.5. The number of carbonyl (C=O) groups excluding carboxylic acids is 2. The lowest BCUT2D eigenvalue weighted by molar-refractivity contribution is -0.237. The average Bonchev–Trinajstić information content (AvgIpc) is 3.16. The number of hydrogen-bond donors (Lipinski definition) is 0. The highest BCUT2D eigenvalue weighted by atomic mass is 16.5. The minimum Gasteiger partial charge on any atom is -0.465 e. The number of esters is 1. The van der Waals surface area contributed by atoms with Gasteiger partial charge in [0.1, 0.15) is 5.78 Å². The number of rotatable bonds is 3. The first-order chi connectivity index (χ1) is 16.2. The Morgan fingerprint density at radius 2 is 1.60 bits per heavy atom. The van der Waals surface area contributed by atoms with Crippen molar-refractivity contribution in [3.63, 3.8) is 0 Å². The Kier molecular flexibility index (Phi) is 5.79. The van der Waals surface area contributed by atoms with Gasteiger partial charge in [-0.05, 0) is 111 Å². The molecule has 3 heteroatoms. The van der Waals surface area contributed by atoms with E-state index < -0.39 is 0 Å². The van der Waals surface area contributed by atoms with Crippen LogP contribution in [0, 0.1) is 56.7 Å². The fraction of sp³-hybridized carbons (Fsp3) is 0.875. The zero-order chi connectivity index (χ0) is 25.6. The molecule has 0 bridgehead atoms. The number of ether oxygens (including phenoxy) is 1. The Morgan fingerprint density at radius 3 is 2.26 bits per heavy atom. The summed E-state index contributed by atoms with van der Waals surface area (Å²) in [5.41, 5.74) is 2.12. The van der Waals surface area contributed by atoms with Crippen LogP contribution in [-0.2, 0) is 14.3 Å². The Hall–Kier alpha value is -1.12. The van der Waals surface area contributed by atoms with Gasteiger partial charge in [-0.3, -0.25) is 9.59 Å². The van der Waals surface area contributed by atoms with Gasteiger partial charge in [0.05, 0.1) is 6.61 Å². The van der Waals surface area contributed by atoms with Crippen LogP contribution in [0.1, 0.15) is 113 Å². The van der Waals surface area contributed by atoms with Crippen LogP contribution in [0.15, 0.2) is 12.2 Å². The van der Waals surface area contributed by atoms with Crippen LogP contribution in [0.5, 0.6) is 0 Å². The second-order valence-electron chi connectivity index (χ2n) is 15.0. The fourth-order valence-electron chi connectivity index (χ4n) is 11.6. The third-order valence-electron chi connectivity index (χ3n) is 13.5. The molecule has 35 heavy (non-hydrogen) atoms. The van der Waals surface area contributed by atoms with E-state index in [9.17, 15) is 9.59 Å². The van der Waals surface area contributed by atoms with Crippen LogP contribution < -0.4 is 0 Å². The van der Waals surface area contributed by atoms with Crippen molar-refractivity contribution in [1.82, 2.24) is 0 Å². The molecule has 0 aromatic heterocycles. The number of fused-ring (bicyclic) bond motifs is 7. The van der Waals surface area contributed by atoms with Crippen molar-refractivity contribution in [3.05, 3.63) is 12.2 Å². The quantitative estimate of drug-likeness (QED) is 0.305. The summed E-state index contributed by atoms with van der Waals surface area (Å²) in [6.07, 6.45) is 11.6. The molecular weight excluding hydrogens is 432 g/mol. The monoisotopic (exact) mass is 482 g/mol. The molecule has 5 fully saturated rings. The summed E-state index contributed by atoms with van der Waals surface area (Å²) in [5.74, 6) is 3.34. The van der Waals surface area contributed by atoms with E-state index in [0.717, 1.165) is 12.8 Å². The molecule has 0 amide bonds. The van der Waals surface area contributed by atoms with E-state index in [-0.39, 0.29) is 27.6 Å². The Morgan fingerprint density at radius 1 is 0.886 bits per heavy atom. The average molecular weight is 483 g/mol. The molecule has 5 saturated carbocycles. The van der Waals surface area contributed by atoms with Gasteiger partial charge in [0, 0.05) is 24.2 Å². The summed E-state index contributed by atoms with van der Waals surface area (Å²) in [5, 5.41) is 0. The van der Waals surface area contributed by atoms with Crippen molar-refractivity contribution in [1.29, 1.82) is 0 Å². The maximum absolute atomic E-state index is 13.0. The van der Waals surface area contributed by atoms with Gasteiger partial charge in [-0.1, -0.05) is 46.8 Å².